The van der Waals surface area contributed by atoms with Crippen LogP contribution < -0.4 is 10.6 Å². The Hall–Kier alpha value is -8.07. The summed E-state index contributed by atoms with van der Waals surface area (Å²) in [6, 6.07) is 25.9. The van der Waals surface area contributed by atoms with Gasteiger partial charge in [-0.15, -0.1) is 0 Å². The van der Waals surface area contributed by atoms with Gasteiger partial charge in [-0.1, -0.05) is 36.4 Å². The Balaban J connectivity index is 0.000000181. The third-order valence-corrected chi connectivity index (χ3v) is 9.67. The van der Waals surface area contributed by atoms with Crippen LogP contribution in [0.25, 0.3) is 44.1 Å². The molecular weight excluding hydrogens is 783 g/mol. The van der Waals surface area contributed by atoms with Crippen LogP contribution in [0.1, 0.15) is 52.7 Å². The number of carbonyl (C=O) groups excluding carboxylic acids is 2. The van der Waals surface area contributed by atoms with Crippen molar-refractivity contribution in [2.75, 3.05) is 10.6 Å². The van der Waals surface area contributed by atoms with Crippen LogP contribution in [0.2, 0.25) is 0 Å². The first-order valence-electron chi connectivity index (χ1n) is 18.0. The zero-order chi connectivity index (χ0) is 42.8. The van der Waals surface area contributed by atoms with Gasteiger partial charge in [0.05, 0.1) is 27.8 Å². The SMILES string of the molecule is Cc1[nH]nc2ccc(-c3cc(F)c(NC(=O)c4ccccc4C(=O)O)c(F)c3)cc12.Cc1c[nH]c2ccc(-c3cc(F)c(NC(=O)c4ccccc4C(=O)O)c(F)c3)cc12. The van der Waals surface area contributed by atoms with E-state index in [1.165, 1.54) is 48.5 Å². The minimum Gasteiger partial charge on any atom is -0.478 e. The van der Waals surface area contributed by atoms with Crippen molar-refractivity contribution in [3.8, 4) is 22.3 Å². The van der Waals surface area contributed by atoms with Crippen molar-refractivity contribution >= 4 is 56.9 Å². The number of H-pyrrole nitrogens is 2. The van der Waals surface area contributed by atoms with Crippen molar-refractivity contribution in [3.05, 3.63) is 172 Å². The molecule has 0 aliphatic carbocycles. The van der Waals surface area contributed by atoms with Crippen LogP contribution in [0.5, 0.6) is 0 Å². The number of benzene rings is 6. The van der Waals surface area contributed by atoms with Crippen LogP contribution in [0, 0.1) is 37.1 Å². The quantitative estimate of drug-likeness (QED) is 0.0827. The standard InChI is InChI=1S/C23H16F2N2O3.C22H15F2N3O3/c1-12-11-26-20-7-6-13(8-17(12)20)14-9-18(24)21(19(25)10-14)27-22(28)15-4-2-3-5-16(15)23(29)30;1-11-16-8-12(6-7-19(16)27-26-11)13-9-17(23)20(18(24)10-13)25-21(28)14-4-2-3-5-15(14)22(29)30/h2-11,26H,1H3,(H,27,28)(H,29,30);2-10H,1H3,(H,25,28)(H,26,27)(H,29,30). The molecule has 0 atom stereocenters. The molecule has 2 amide bonds. The fourth-order valence-electron chi connectivity index (χ4n) is 6.57. The number of carboxylic acids is 2. The summed E-state index contributed by atoms with van der Waals surface area (Å²) in [5.41, 5.74) is 3.09. The number of halogens is 4. The molecule has 0 unspecified atom stereocenters. The largest absolute Gasteiger partial charge is 0.478 e. The molecule has 2 heterocycles. The lowest BCUT2D eigenvalue weighted by molar-refractivity contribution is 0.0683. The van der Waals surface area contributed by atoms with E-state index in [4.69, 9.17) is 0 Å². The summed E-state index contributed by atoms with van der Waals surface area (Å²) in [6.07, 6.45) is 1.85. The number of aromatic amines is 2. The second-order valence-corrected chi connectivity index (χ2v) is 13.6. The highest BCUT2D eigenvalue weighted by molar-refractivity contribution is 6.11. The Morgan fingerprint density at radius 2 is 0.983 bits per heavy atom. The lowest BCUT2D eigenvalue weighted by atomic mass is 10.0. The van der Waals surface area contributed by atoms with E-state index in [1.807, 2.05) is 32.2 Å². The van der Waals surface area contributed by atoms with Gasteiger partial charge in [-0.25, -0.2) is 27.2 Å². The molecule has 0 fully saturated rings. The molecule has 15 heteroatoms. The topological polar surface area (TPSA) is 177 Å². The fourth-order valence-corrected chi connectivity index (χ4v) is 6.57. The molecular formula is C45H31F4N5O6. The molecule has 0 bridgehead atoms. The molecule has 8 aromatic rings. The Morgan fingerprint density at radius 3 is 1.45 bits per heavy atom. The number of hydrogen-bond donors (Lipinski definition) is 6. The predicted molar refractivity (Wildman–Crippen MR) is 217 cm³/mol. The summed E-state index contributed by atoms with van der Waals surface area (Å²) in [7, 11) is 0. The number of nitrogens with zero attached hydrogens (tertiary/aromatic N) is 1. The number of carbonyl (C=O) groups is 4. The van der Waals surface area contributed by atoms with Crippen LogP contribution in [0.15, 0.2) is 115 Å². The molecule has 11 nitrogen and oxygen atoms in total. The van der Waals surface area contributed by atoms with E-state index >= 15 is 0 Å². The maximum atomic E-state index is 14.7. The lowest BCUT2D eigenvalue weighted by Crippen LogP contribution is -2.18. The molecule has 6 N–H and O–H groups in total. The van der Waals surface area contributed by atoms with Crippen LogP contribution in [-0.2, 0) is 0 Å². The minimum absolute atomic E-state index is 0.193. The van der Waals surface area contributed by atoms with Crippen molar-refractivity contribution in [1.82, 2.24) is 15.2 Å². The number of amides is 2. The Kier molecular flexibility index (Phi) is 11.0. The smallest absolute Gasteiger partial charge is 0.336 e. The molecule has 0 saturated carbocycles. The first-order chi connectivity index (χ1) is 28.7. The lowest BCUT2D eigenvalue weighted by Gasteiger charge is -2.11. The van der Waals surface area contributed by atoms with Crippen molar-refractivity contribution in [3.63, 3.8) is 0 Å². The van der Waals surface area contributed by atoms with Crippen LogP contribution in [-0.4, -0.2) is 49.1 Å². The molecule has 0 saturated heterocycles. The van der Waals surface area contributed by atoms with Crippen molar-refractivity contribution in [2.24, 2.45) is 0 Å². The highest BCUT2D eigenvalue weighted by atomic mass is 19.1. The third kappa shape index (κ3) is 8.04. The van der Waals surface area contributed by atoms with E-state index in [9.17, 15) is 47.0 Å². The maximum Gasteiger partial charge on any atom is 0.336 e. The van der Waals surface area contributed by atoms with Crippen molar-refractivity contribution in [1.29, 1.82) is 0 Å². The van der Waals surface area contributed by atoms with Gasteiger partial charge in [-0.05, 0) is 114 Å². The molecule has 0 radical (unpaired) electrons. The average Bonchev–Trinajstić information content (AvgIpc) is 3.80. The van der Waals surface area contributed by atoms with Crippen LogP contribution in [0.3, 0.4) is 0 Å². The Bertz CT molecular complexity index is 2780. The molecule has 0 spiro atoms. The Morgan fingerprint density at radius 1 is 0.550 bits per heavy atom. The minimum atomic E-state index is -1.32. The van der Waals surface area contributed by atoms with Crippen LogP contribution in [0.4, 0.5) is 28.9 Å². The molecule has 60 heavy (non-hydrogen) atoms. The molecule has 0 aliphatic rings. The number of aromatic nitrogens is 3. The summed E-state index contributed by atoms with van der Waals surface area (Å²) >= 11 is 0. The second kappa shape index (κ2) is 16.4. The first kappa shape index (κ1) is 40.1. The third-order valence-electron chi connectivity index (χ3n) is 9.67. The highest BCUT2D eigenvalue weighted by Gasteiger charge is 2.22. The monoisotopic (exact) mass is 813 g/mol. The van der Waals surface area contributed by atoms with Crippen molar-refractivity contribution < 1.29 is 47.0 Å². The number of nitrogens with one attached hydrogen (secondary N) is 4. The fraction of sp³-hybridized carbons (Fsp3) is 0.0444. The molecule has 300 valence electrons. The second-order valence-electron chi connectivity index (χ2n) is 13.6. The summed E-state index contributed by atoms with van der Waals surface area (Å²) in [5, 5.41) is 31.4. The summed E-state index contributed by atoms with van der Waals surface area (Å²) in [4.78, 5) is 50.5. The number of rotatable bonds is 8. The molecule has 6 aromatic carbocycles. The van der Waals surface area contributed by atoms with Gasteiger partial charge >= 0.3 is 11.9 Å². The zero-order valence-corrected chi connectivity index (χ0v) is 31.5. The van der Waals surface area contributed by atoms with Gasteiger partial charge in [-0.3, -0.25) is 14.7 Å². The summed E-state index contributed by atoms with van der Waals surface area (Å²) < 4.78 is 58.7. The molecule has 2 aromatic heterocycles. The number of hydrogen-bond acceptors (Lipinski definition) is 5. The number of aryl methyl sites for hydroxylation is 2. The number of fused-ring (bicyclic) bond motifs is 2. The van der Waals surface area contributed by atoms with Gasteiger partial charge in [0.15, 0.2) is 0 Å². The zero-order valence-electron chi connectivity index (χ0n) is 31.5. The van der Waals surface area contributed by atoms with Gasteiger partial charge in [0.2, 0.25) is 0 Å². The average molecular weight is 814 g/mol. The van der Waals surface area contributed by atoms with E-state index in [0.717, 1.165) is 57.3 Å². The normalized spacial score (nSPS) is 10.9. The first-order valence-corrected chi connectivity index (χ1v) is 18.0. The van der Waals surface area contributed by atoms with Crippen LogP contribution >= 0.6 is 0 Å². The van der Waals surface area contributed by atoms with E-state index in [1.54, 1.807) is 24.3 Å². The number of aromatic carboxylic acids is 2. The van der Waals surface area contributed by atoms with Gasteiger partial charge in [-0.2, -0.15) is 5.10 Å². The molecule has 0 aliphatic heterocycles. The van der Waals surface area contributed by atoms with E-state index in [2.05, 4.69) is 25.8 Å². The van der Waals surface area contributed by atoms with Gasteiger partial charge < -0.3 is 25.8 Å². The number of carboxylic acid groups (broad SMARTS) is 2. The summed E-state index contributed by atoms with van der Waals surface area (Å²) in [6.45, 7) is 3.77. The highest BCUT2D eigenvalue weighted by Crippen LogP contribution is 2.32. The van der Waals surface area contributed by atoms with E-state index < -0.39 is 58.4 Å². The van der Waals surface area contributed by atoms with Gasteiger partial charge in [0, 0.05) is 28.2 Å². The summed E-state index contributed by atoms with van der Waals surface area (Å²) in [5.74, 6) is -8.34. The van der Waals surface area contributed by atoms with E-state index in [0.29, 0.717) is 16.7 Å². The number of anilines is 2. The predicted octanol–water partition coefficient (Wildman–Crippen LogP) is 10.1. The van der Waals surface area contributed by atoms with E-state index in [-0.39, 0.29) is 27.8 Å². The molecule has 8 rings (SSSR count). The maximum absolute atomic E-state index is 14.7. The van der Waals surface area contributed by atoms with Gasteiger partial charge in [0.25, 0.3) is 11.8 Å². The van der Waals surface area contributed by atoms with Gasteiger partial charge in [0.1, 0.15) is 34.6 Å². The van der Waals surface area contributed by atoms with Crippen molar-refractivity contribution in [2.45, 2.75) is 13.8 Å². The Labute approximate surface area is 337 Å².